The summed E-state index contributed by atoms with van der Waals surface area (Å²) in [5.41, 5.74) is 5.49. The molecule has 0 spiro atoms. The Kier molecular flexibility index (Phi) is 5.02. The number of hydrogen-bond donors (Lipinski definition) is 2. The summed E-state index contributed by atoms with van der Waals surface area (Å²) in [6.45, 7) is 9.93. The molecule has 1 fully saturated rings. The third kappa shape index (κ3) is 3.06. The third-order valence-corrected chi connectivity index (χ3v) is 4.91. The molecule has 1 rings (SSSR count). The van der Waals surface area contributed by atoms with Gasteiger partial charge in [0.2, 0.25) is 5.91 Å². The predicted molar refractivity (Wildman–Crippen MR) is 77.5 cm³/mol. The maximum atomic E-state index is 12.7. The molecule has 1 amide bonds. The Morgan fingerprint density at radius 1 is 1.30 bits per heavy atom. The summed E-state index contributed by atoms with van der Waals surface area (Å²) in [6, 6.07) is 0. The maximum absolute atomic E-state index is 12.7. The van der Waals surface area contributed by atoms with E-state index in [9.17, 15) is 4.79 Å². The van der Waals surface area contributed by atoms with E-state index < -0.39 is 0 Å². The quantitative estimate of drug-likeness (QED) is 0.319. The first-order chi connectivity index (χ1) is 9.20. The van der Waals surface area contributed by atoms with E-state index in [2.05, 4.69) is 32.9 Å². The molecule has 0 aromatic rings. The first-order valence-corrected chi connectivity index (χ1v) is 6.94. The lowest BCUT2D eigenvalue weighted by Gasteiger charge is -2.23. The number of nitrogens with zero attached hydrogens (tertiary/aromatic N) is 2. The molecule has 0 atom stereocenters. The molecule has 0 aromatic heterocycles. The van der Waals surface area contributed by atoms with Gasteiger partial charge in [0.1, 0.15) is 5.84 Å². The number of rotatable bonds is 7. The monoisotopic (exact) mass is 285 g/mol. The van der Waals surface area contributed by atoms with Crippen molar-refractivity contribution in [3.63, 3.8) is 0 Å². The van der Waals surface area contributed by atoms with E-state index in [1.165, 1.54) is 0 Å². The van der Waals surface area contributed by atoms with Crippen molar-refractivity contribution in [2.75, 3.05) is 26.8 Å². The Morgan fingerprint density at radius 2 is 1.85 bits per heavy atom. The summed E-state index contributed by atoms with van der Waals surface area (Å²) < 4.78 is 5.05. The van der Waals surface area contributed by atoms with Gasteiger partial charge in [-0.3, -0.25) is 4.79 Å². The van der Waals surface area contributed by atoms with Gasteiger partial charge in [-0.25, -0.2) is 0 Å². The van der Waals surface area contributed by atoms with Crippen LogP contribution in [0, 0.1) is 16.7 Å². The lowest BCUT2D eigenvalue weighted by Crippen LogP contribution is -2.38. The van der Waals surface area contributed by atoms with Gasteiger partial charge in [0.15, 0.2) is 0 Å². The van der Waals surface area contributed by atoms with Crippen LogP contribution in [0.2, 0.25) is 0 Å². The molecular weight excluding hydrogens is 258 g/mol. The highest BCUT2D eigenvalue weighted by molar-refractivity contribution is 5.85. The zero-order valence-electron chi connectivity index (χ0n) is 13.1. The number of carbonyl (C=O) groups is 1. The van der Waals surface area contributed by atoms with Crippen LogP contribution in [0.5, 0.6) is 0 Å². The van der Waals surface area contributed by atoms with E-state index in [1.54, 1.807) is 12.0 Å². The minimum Gasteiger partial charge on any atom is -0.409 e. The fourth-order valence-electron chi connectivity index (χ4n) is 2.83. The van der Waals surface area contributed by atoms with Crippen molar-refractivity contribution in [2.45, 2.75) is 34.1 Å². The van der Waals surface area contributed by atoms with E-state index >= 15 is 0 Å². The summed E-state index contributed by atoms with van der Waals surface area (Å²) in [7, 11) is 1.61. The molecule has 6 nitrogen and oxygen atoms in total. The first kappa shape index (κ1) is 16.8. The Bertz CT molecular complexity index is 377. The standard InChI is InChI=1S/C14H27N3O3/c1-13(2)11(14(13,3)4)12(18)17(8-9-20-5)7-6-10(15)16-19/h11,19H,6-9H2,1-5H3,(H2,15,16). The Morgan fingerprint density at radius 3 is 2.25 bits per heavy atom. The van der Waals surface area contributed by atoms with Crippen LogP contribution in [0.1, 0.15) is 34.1 Å². The van der Waals surface area contributed by atoms with Gasteiger partial charge in [0.05, 0.1) is 6.61 Å². The smallest absolute Gasteiger partial charge is 0.226 e. The number of methoxy groups -OCH3 is 1. The van der Waals surface area contributed by atoms with Crippen LogP contribution in [0.15, 0.2) is 5.16 Å². The molecule has 1 aliphatic carbocycles. The predicted octanol–water partition coefficient (Wildman–Crippen LogP) is 1.28. The molecule has 0 radical (unpaired) electrons. The maximum Gasteiger partial charge on any atom is 0.226 e. The minimum absolute atomic E-state index is 0.00597. The zero-order chi connectivity index (χ0) is 15.6. The molecule has 0 bridgehead atoms. The molecular formula is C14H27N3O3. The number of nitrogens with two attached hydrogens (primary N) is 1. The van der Waals surface area contributed by atoms with Gasteiger partial charge in [0.25, 0.3) is 0 Å². The number of carbonyl (C=O) groups excluding carboxylic acids is 1. The highest BCUT2D eigenvalue weighted by Gasteiger charge is 2.68. The number of hydrogen-bond acceptors (Lipinski definition) is 4. The van der Waals surface area contributed by atoms with E-state index in [0.717, 1.165) is 0 Å². The van der Waals surface area contributed by atoms with E-state index in [4.69, 9.17) is 15.7 Å². The molecule has 0 heterocycles. The second-order valence-electron chi connectivity index (χ2n) is 6.54. The van der Waals surface area contributed by atoms with Gasteiger partial charge in [-0.05, 0) is 10.8 Å². The second-order valence-corrected chi connectivity index (χ2v) is 6.54. The average Bonchev–Trinajstić information content (AvgIpc) is 2.78. The molecule has 0 aromatic carbocycles. The van der Waals surface area contributed by atoms with Crippen LogP contribution in [0.3, 0.4) is 0 Å². The molecule has 116 valence electrons. The minimum atomic E-state index is 0.00597. The Hall–Kier alpha value is -1.30. The molecule has 1 aliphatic rings. The van der Waals surface area contributed by atoms with Crippen LogP contribution in [-0.4, -0.2) is 48.7 Å². The molecule has 1 saturated carbocycles. The molecule has 0 aliphatic heterocycles. The summed E-state index contributed by atoms with van der Waals surface area (Å²) in [5, 5.41) is 11.5. The second kappa shape index (κ2) is 5.99. The fourth-order valence-corrected chi connectivity index (χ4v) is 2.83. The van der Waals surface area contributed by atoms with Crippen molar-refractivity contribution < 1.29 is 14.7 Å². The van der Waals surface area contributed by atoms with Crippen molar-refractivity contribution in [2.24, 2.45) is 27.6 Å². The number of ether oxygens (including phenoxy) is 1. The van der Waals surface area contributed by atoms with Crippen LogP contribution >= 0.6 is 0 Å². The SMILES string of the molecule is COCCN(CCC(N)=NO)C(=O)C1C(C)(C)C1(C)C. The summed E-state index contributed by atoms with van der Waals surface area (Å²) in [6.07, 6.45) is 0.361. The molecule has 20 heavy (non-hydrogen) atoms. The number of amides is 1. The largest absolute Gasteiger partial charge is 0.409 e. The summed E-state index contributed by atoms with van der Waals surface area (Å²) in [5.74, 6) is 0.275. The van der Waals surface area contributed by atoms with Crippen molar-refractivity contribution >= 4 is 11.7 Å². The first-order valence-electron chi connectivity index (χ1n) is 6.94. The normalized spacial score (nSPS) is 20.8. The third-order valence-electron chi connectivity index (χ3n) is 4.91. The van der Waals surface area contributed by atoms with Crippen LogP contribution in [0.25, 0.3) is 0 Å². The summed E-state index contributed by atoms with van der Waals surface area (Å²) in [4.78, 5) is 14.4. The molecule has 6 heteroatoms. The van der Waals surface area contributed by atoms with E-state index in [0.29, 0.717) is 26.1 Å². The number of amidine groups is 1. The van der Waals surface area contributed by atoms with Gasteiger partial charge < -0.3 is 20.6 Å². The van der Waals surface area contributed by atoms with Crippen molar-refractivity contribution in [3.05, 3.63) is 0 Å². The van der Waals surface area contributed by atoms with Crippen LogP contribution < -0.4 is 5.73 Å². The van der Waals surface area contributed by atoms with Crippen molar-refractivity contribution in [1.82, 2.24) is 4.90 Å². The topological polar surface area (TPSA) is 88.2 Å². The van der Waals surface area contributed by atoms with Gasteiger partial charge in [-0.15, -0.1) is 0 Å². The van der Waals surface area contributed by atoms with Gasteiger partial charge in [0, 0.05) is 32.5 Å². The average molecular weight is 285 g/mol. The van der Waals surface area contributed by atoms with Gasteiger partial charge in [-0.2, -0.15) is 0 Å². The summed E-state index contributed by atoms with van der Waals surface area (Å²) >= 11 is 0. The van der Waals surface area contributed by atoms with Crippen LogP contribution in [0.4, 0.5) is 0 Å². The number of oxime groups is 1. The lowest BCUT2D eigenvalue weighted by molar-refractivity contribution is -0.134. The van der Waals surface area contributed by atoms with E-state index in [1.807, 2.05) is 0 Å². The lowest BCUT2D eigenvalue weighted by atomic mass is 10.0. The fraction of sp³-hybridized carbons (Fsp3) is 0.857. The van der Waals surface area contributed by atoms with Gasteiger partial charge in [-0.1, -0.05) is 32.9 Å². The molecule has 0 saturated heterocycles. The molecule has 3 N–H and O–H groups in total. The van der Waals surface area contributed by atoms with Crippen molar-refractivity contribution in [1.29, 1.82) is 0 Å². The Labute approximate surface area is 120 Å². The highest BCUT2D eigenvalue weighted by atomic mass is 16.5. The Balaban J connectivity index is 2.71. The van der Waals surface area contributed by atoms with Gasteiger partial charge >= 0.3 is 0 Å². The van der Waals surface area contributed by atoms with Crippen LogP contribution in [-0.2, 0) is 9.53 Å². The van der Waals surface area contributed by atoms with Crippen molar-refractivity contribution in [3.8, 4) is 0 Å². The van der Waals surface area contributed by atoms with E-state index in [-0.39, 0.29) is 28.5 Å². The zero-order valence-corrected chi connectivity index (χ0v) is 13.1. The molecule has 0 unspecified atom stereocenters. The highest BCUT2D eigenvalue weighted by Crippen LogP contribution is 2.68.